The predicted octanol–water partition coefficient (Wildman–Crippen LogP) is 2.65. The number of phenolic OH excluding ortho intramolecular Hbond substituents is 1. The van der Waals surface area contributed by atoms with Crippen LogP contribution in [0.25, 0.3) is 0 Å². The number of aromatic hydroxyl groups is 1. The van der Waals surface area contributed by atoms with Gasteiger partial charge in [-0.3, -0.25) is 4.90 Å². The van der Waals surface area contributed by atoms with Crippen LogP contribution < -0.4 is 4.90 Å². The molecule has 0 aliphatic carbocycles. The summed E-state index contributed by atoms with van der Waals surface area (Å²) in [6.07, 6.45) is 7.45. The van der Waals surface area contributed by atoms with E-state index in [1.54, 1.807) is 6.07 Å². The number of para-hydroxylation sites is 1. The van der Waals surface area contributed by atoms with Crippen molar-refractivity contribution in [3.8, 4) is 5.75 Å². The Balaban J connectivity index is 1.38. The van der Waals surface area contributed by atoms with E-state index in [-0.39, 0.29) is 6.61 Å². The molecule has 0 radical (unpaired) electrons. The first-order valence-electron chi connectivity index (χ1n) is 10.5. The van der Waals surface area contributed by atoms with Gasteiger partial charge in [-0.05, 0) is 37.7 Å². The number of benzene rings is 1. The van der Waals surface area contributed by atoms with Crippen molar-refractivity contribution < 1.29 is 10.2 Å². The zero-order valence-corrected chi connectivity index (χ0v) is 16.2. The van der Waals surface area contributed by atoms with Crippen molar-refractivity contribution in [1.82, 2.24) is 14.9 Å². The summed E-state index contributed by atoms with van der Waals surface area (Å²) >= 11 is 0. The van der Waals surface area contributed by atoms with E-state index in [2.05, 4.69) is 9.80 Å². The number of aliphatic hydroxyl groups is 1. The van der Waals surface area contributed by atoms with Gasteiger partial charge in [0.15, 0.2) is 0 Å². The summed E-state index contributed by atoms with van der Waals surface area (Å²) in [7, 11) is 0. The van der Waals surface area contributed by atoms with Crippen molar-refractivity contribution in [3.63, 3.8) is 0 Å². The molecule has 1 aromatic heterocycles. The molecule has 0 saturated carbocycles. The molecule has 0 amide bonds. The van der Waals surface area contributed by atoms with Gasteiger partial charge in [-0.25, -0.2) is 9.97 Å². The van der Waals surface area contributed by atoms with E-state index < -0.39 is 0 Å². The Kier molecular flexibility index (Phi) is 4.69. The highest BCUT2D eigenvalue weighted by Gasteiger charge is 2.41. The lowest BCUT2D eigenvalue weighted by Gasteiger charge is -2.37. The van der Waals surface area contributed by atoms with Crippen molar-refractivity contribution in [1.29, 1.82) is 0 Å². The van der Waals surface area contributed by atoms with E-state index in [1.807, 2.05) is 24.4 Å². The van der Waals surface area contributed by atoms with Gasteiger partial charge in [0, 0.05) is 62.1 Å². The molecule has 2 bridgehead atoms. The molecule has 6 heteroatoms. The zero-order valence-electron chi connectivity index (χ0n) is 16.2. The van der Waals surface area contributed by atoms with Crippen LogP contribution in [0.2, 0.25) is 0 Å². The van der Waals surface area contributed by atoms with Crippen LogP contribution >= 0.6 is 0 Å². The number of nitrogens with zero attached hydrogens (tertiary/aromatic N) is 4. The van der Waals surface area contributed by atoms with Crippen molar-refractivity contribution >= 4 is 5.95 Å². The molecule has 0 spiro atoms. The van der Waals surface area contributed by atoms with Crippen LogP contribution in [0.1, 0.15) is 48.5 Å². The van der Waals surface area contributed by atoms with Gasteiger partial charge in [0.1, 0.15) is 5.75 Å². The number of phenols is 1. The van der Waals surface area contributed by atoms with Crippen LogP contribution in [0.4, 0.5) is 5.95 Å². The maximum absolute atomic E-state index is 10.2. The van der Waals surface area contributed by atoms with E-state index in [0.29, 0.717) is 23.8 Å². The third kappa shape index (κ3) is 3.14. The lowest BCUT2D eigenvalue weighted by molar-refractivity contribution is 0.164. The summed E-state index contributed by atoms with van der Waals surface area (Å²) in [5.74, 6) is 1.53. The number of aliphatic hydroxyl groups excluding tert-OH is 1. The molecule has 4 heterocycles. The average molecular weight is 380 g/mol. The number of piperidine rings is 1. The van der Waals surface area contributed by atoms with Gasteiger partial charge in [-0.2, -0.15) is 0 Å². The fourth-order valence-corrected chi connectivity index (χ4v) is 5.20. The first-order chi connectivity index (χ1) is 13.7. The molecule has 2 fully saturated rings. The molecule has 3 atom stereocenters. The van der Waals surface area contributed by atoms with Crippen LogP contribution in [-0.4, -0.2) is 50.8 Å². The fourth-order valence-electron chi connectivity index (χ4n) is 5.20. The smallest absolute Gasteiger partial charge is 0.225 e. The summed E-state index contributed by atoms with van der Waals surface area (Å²) in [6.45, 7) is 2.84. The molecule has 2 N–H and O–H groups in total. The average Bonchev–Trinajstić information content (AvgIpc) is 3.01. The maximum Gasteiger partial charge on any atom is 0.225 e. The second-order valence-corrected chi connectivity index (χ2v) is 8.46. The third-order valence-corrected chi connectivity index (χ3v) is 6.72. The fraction of sp³-hybridized carbons (Fsp3) is 0.545. The summed E-state index contributed by atoms with van der Waals surface area (Å²) in [5, 5.41) is 19.7. The summed E-state index contributed by atoms with van der Waals surface area (Å²) in [5.41, 5.74) is 3.43. The molecule has 6 nitrogen and oxygen atoms in total. The molecule has 28 heavy (non-hydrogen) atoms. The number of anilines is 1. The summed E-state index contributed by atoms with van der Waals surface area (Å²) in [6, 6.07) is 8.46. The Bertz CT molecular complexity index is 858. The van der Waals surface area contributed by atoms with Crippen LogP contribution in [0.3, 0.4) is 0 Å². The van der Waals surface area contributed by atoms with Crippen molar-refractivity contribution in [2.45, 2.75) is 50.7 Å². The van der Waals surface area contributed by atoms with Crippen LogP contribution in [0, 0.1) is 5.92 Å². The molecule has 148 valence electrons. The topological polar surface area (TPSA) is 72.7 Å². The molecule has 5 rings (SSSR count). The zero-order chi connectivity index (χ0) is 19.1. The Morgan fingerprint density at radius 1 is 1.14 bits per heavy atom. The Morgan fingerprint density at radius 2 is 2.04 bits per heavy atom. The van der Waals surface area contributed by atoms with Gasteiger partial charge in [-0.15, -0.1) is 0 Å². The van der Waals surface area contributed by atoms with Crippen LogP contribution in [0.5, 0.6) is 5.75 Å². The SMILES string of the molecule is OC[C@@H]1CCCN(c2ncc3c(n2)C[C@H]2CC[C@H]3N2Cc2ccccc2O)C1. The lowest BCUT2D eigenvalue weighted by Crippen LogP contribution is -2.40. The summed E-state index contributed by atoms with van der Waals surface area (Å²) < 4.78 is 0. The quantitative estimate of drug-likeness (QED) is 0.850. The normalized spacial score (nSPS) is 27.0. The highest BCUT2D eigenvalue weighted by Crippen LogP contribution is 2.44. The molecular formula is C22H28N4O2. The Labute approximate surface area is 165 Å². The van der Waals surface area contributed by atoms with Crippen molar-refractivity contribution in [3.05, 3.63) is 47.3 Å². The minimum Gasteiger partial charge on any atom is -0.508 e. The molecule has 3 aliphatic rings. The number of rotatable bonds is 4. The molecule has 0 unspecified atom stereocenters. The van der Waals surface area contributed by atoms with E-state index in [9.17, 15) is 10.2 Å². The largest absolute Gasteiger partial charge is 0.508 e. The van der Waals surface area contributed by atoms with E-state index in [1.165, 1.54) is 17.7 Å². The number of hydrogen-bond donors (Lipinski definition) is 2. The second-order valence-electron chi connectivity index (χ2n) is 8.46. The van der Waals surface area contributed by atoms with E-state index in [4.69, 9.17) is 9.97 Å². The summed E-state index contributed by atoms with van der Waals surface area (Å²) in [4.78, 5) is 14.4. The highest BCUT2D eigenvalue weighted by atomic mass is 16.3. The third-order valence-electron chi connectivity index (χ3n) is 6.72. The monoisotopic (exact) mass is 380 g/mol. The van der Waals surface area contributed by atoms with Gasteiger partial charge < -0.3 is 15.1 Å². The van der Waals surface area contributed by atoms with Crippen molar-refractivity contribution in [2.24, 2.45) is 5.92 Å². The second kappa shape index (κ2) is 7.33. The predicted molar refractivity (Wildman–Crippen MR) is 107 cm³/mol. The van der Waals surface area contributed by atoms with E-state index in [0.717, 1.165) is 56.8 Å². The number of hydrogen-bond acceptors (Lipinski definition) is 6. The highest BCUT2D eigenvalue weighted by molar-refractivity contribution is 5.38. The van der Waals surface area contributed by atoms with Gasteiger partial charge in [0.2, 0.25) is 5.95 Å². The van der Waals surface area contributed by atoms with E-state index >= 15 is 0 Å². The van der Waals surface area contributed by atoms with Gasteiger partial charge >= 0.3 is 0 Å². The molecule has 1 aromatic carbocycles. The van der Waals surface area contributed by atoms with Crippen LogP contribution in [0.15, 0.2) is 30.5 Å². The molecule has 3 aliphatic heterocycles. The standard InChI is InChI=1S/C22H28N4O2/c27-14-15-4-3-9-25(12-15)22-23-11-18-19(24-22)10-17-7-8-20(18)26(17)13-16-5-1-2-6-21(16)28/h1-2,5-6,11,15,17,20,27-28H,3-4,7-10,12-14H2/t15-,17-,20-/m1/s1. The molecular weight excluding hydrogens is 352 g/mol. The van der Waals surface area contributed by atoms with Gasteiger partial charge in [-0.1, -0.05) is 18.2 Å². The number of fused-ring (bicyclic) bond motifs is 4. The Hall–Kier alpha value is -2.18. The van der Waals surface area contributed by atoms with Crippen LogP contribution in [-0.2, 0) is 13.0 Å². The first-order valence-corrected chi connectivity index (χ1v) is 10.5. The van der Waals surface area contributed by atoms with Gasteiger partial charge in [0.05, 0.1) is 5.69 Å². The maximum atomic E-state index is 10.2. The van der Waals surface area contributed by atoms with Crippen molar-refractivity contribution in [2.75, 3.05) is 24.6 Å². The number of aromatic nitrogens is 2. The van der Waals surface area contributed by atoms with Gasteiger partial charge in [0.25, 0.3) is 0 Å². The first kappa shape index (κ1) is 17.9. The molecule has 2 aromatic rings. The minimum atomic E-state index is 0.243. The minimum absolute atomic E-state index is 0.243. The molecule has 2 saturated heterocycles. The Morgan fingerprint density at radius 3 is 2.89 bits per heavy atom. The lowest BCUT2D eigenvalue weighted by atomic mass is 9.98.